The van der Waals surface area contributed by atoms with Crippen molar-refractivity contribution in [1.82, 2.24) is 5.32 Å². The van der Waals surface area contributed by atoms with Crippen LogP contribution in [0.1, 0.15) is 24.2 Å². The van der Waals surface area contributed by atoms with Gasteiger partial charge in [0.1, 0.15) is 6.54 Å². The third kappa shape index (κ3) is 6.50. The van der Waals surface area contributed by atoms with Gasteiger partial charge in [0.25, 0.3) is 5.91 Å². The molecule has 2 aromatic rings. The number of hydrogen-bond donors (Lipinski definition) is 2. The molecule has 0 bridgehead atoms. The van der Waals surface area contributed by atoms with Crippen molar-refractivity contribution in [2.45, 2.75) is 24.8 Å². The van der Waals surface area contributed by atoms with E-state index in [1.807, 2.05) is 26.2 Å². The Labute approximate surface area is 175 Å². The number of para-hydroxylation sites is 1. The maximum atomic E-state index is 12.6. The molecule has 0 atom stereocenters. The van der Waals surface area contributed by atoms with Gasteiger partial charge in [-0.15, -0.1) is 11.8 Å². The van der Waals surface area contributed by atoms with Gasteiger partial charge in [-0.1, -0.05) is 18.2 Å². The Morgan fingerprint density at radius 1 is 1.10 bits per heavy atom. The zero-order valence-corrected chi connectivity index (χ0v) is 18.4. The molecule has 2 amide bonds. The molecule has 0 saturated heterocycles. The minimum absolute atomic E-state index is 0.0595. The van der Waals surface area contributed by atoms with E-state index in [0.717, 1.165) is 15.5 Å². The molecule has 0 saturated carbocycles. The van der Waals surface area contributed by atoms with E-state index in [1.165, 1.54) is 11.8 Å². The van der Waals surface area contributed by atoms with Crippen molar-refractivity contribution in [3.63, 3.8) is 0 Å². The molecule has 0 radical (unpaired) electrons. The Bertz CT molecular complexity index is 991. The number of thioether (sulfide) groups is 1. The molecule has 29 heavy (non-hydrogen) atoms. The topological polar surface area (TPSA) is 95.6 Å². The van der Waals surface area contributed by atoms with Crippen molar-refractivity contribution in [3.05, 3.63) is 54.1 Å². The minimum Gasteiger partial charge on any atom is -0.350 e. The summed E-state index contributed by atoms with van der Waals surface area (Å²) in [5, 5.41) is 5.43. The second kappa shape index (κ2) is 9.80. The fourth-order valence-electron chi connectivity index (χ4n) is 2.62. The summed E-state index contributed by atoms with van der Waals surface area (Å²) in [5.41, 5.74) is 1.03. The molecule has 7 nitrogen and oxygen atoms in total. The number of rotatable bonds is 8. The number of nitrogens with zero attached hydrogens (tertiary/aromatic N) is 1. The van der Waals surface area contributed by atoms with Gasteiger partial charge < -0.3 is 10.6 Å². The smallest absolute Gasteiger partial charge is 0.253 e. The van der Waals surface area contributed by atoms with E-state index in [2.05, 4.69) is 10.6 Å². The zero-order valence-electron chi connectivity index (χ0n) is 16.8. The molecule has 0 heterocycles. The van der Waals surface area contributed by atoms with Gasteiger partial charge in [0, 0.05) is 10.9 Å². The minimum atomic E-state index is -3.69. The normalized spacial score (nSPS) is 11.2. The molecule has 0 unspecified atom stereocenters. The van der Waals surface area contributed by atoms with Crippen LogP contribution in [0.5, 0.6) is 0 Å². The second-order valence-electron chi connectivity index (χ2n) is 6.69. The van der Waals surface area contributed by atoms with E-state index in [1.54, 1.807) is 42.5 Å². The average molecular weight is 436 g/mol. The molecule has 0 aliphatic heterocycles. The van der Waals surface area contributed by atoms with Gasteiger partial charge in [-0.2, -0.15) is 0 Å². The van der Waals surface area contributed by atoms with Crippen LogP contribution in [0, 0.1) is 0 Å². The summed E-state index contributed by atoms with van der Waals surface area (Å²) in [6.07, 6.45) is 2.94. The maximum Gasteiger partial charge on any atom is 0.253 e. The molecular weight excluding hydrogens is 410 g/mol. The fourth-order valence-corrected chi connectivity index (χ4v) is 3.92. The Morgan fingerprint density at radius 3 is 2.41 bits per heavy atom. The zero-order chi connectivity index (χ0) is 21.6. The highest BCUT2D eigenvalue weighted by Gasteiger charge is 2.22. The molecule has 2 aromatic carbocycles. The predicted octanol–water partition coefficient (Wildman–Crippen LogP) is 2.95. The molecule has 156 valence electrons. The van der Waals surface area contributed by atoms with E-state index < -0.39 is 22.5 Å². The van der Waals surface area contributed by atoms with Crippen LogP contribution in [0.25, 0.3) is 0 Å². The van der Waals surface area contributed by atoms with Gasteiger partial charge in [0.05, 0.1) is 23.2 Å². The molecule has 9 heteroatoms. The summed E-state index contributed by atoms with van der Waals surface area (Å²) in [5.74, 6) is -0.863. The summed E-state index contributed by atoms with van der Waals surface area (Å²) in [6.45, 7) is 3.27. The quantitative estimate of drug-likeness (QED) is 0.622. The van der Waals surface area contributed by atoms with Crippen molar-refractivity contribution >= 4 is 45.0 Å². The second-order valence-corrected chi connectivity index (χ2v) is 9.48. The molecule has 0 aliphatic rings. The van der Waals surface area contributed by atoms with Gasteiger partial charge in [-0.25, -0.2) is 8.42 Å². The maximum absolute atomic E-state index is 12.6. The summed E-state index contributed by atoms with van der Waals surface area (Å²) in [6, 6.07) is 13.5. The SMILES string of the molecule is CSc1cccc(N(CC(=O)Nc2ccccc2C(=O)NC(C)C)S(C)(=O)=O)c1. The molecule has 2 rings (SSSR count). The highest BCUT2D eigenvalue weighted by atomic mass is 32.2. The van der Waals surface area contributed by atoms with Crippen LogP contribution in [-0.4, -0.2) is 45.3 Å². The Balaban J connectivity index is 2.25. The van der Waals surface area contributed by atoms with Gasteiger partial charge >= 0.3 is 0 Å². The summed E-state index contributed by atoms with van der Waals surface area (Å²) in [4.78, 5) is 25.9. The molecule has 0 aromatic heterocycles. The average Bonchev–Trinajstić information content (AvgIpc) is 2.65. The lowest BCUT2D eigenvalue weighted by molar-refractivity contribution is -0.114. The number of anilines is 2. The predicted molar refractivity (Wildman–Crippen MR) is 118 cm³/mol. The van der Waals surface area contributed by atoms with Gasteiger partial charge in [0.15, 0.2) is 0 Å². The van der Waals surface area contributed by atoms with Crippen LogP contribution in [0.2, 0.25) is 0 Å². The monoisotopic (exact) mass is 435 g/mol. The first-order valence-corrected chi connectivity index (χ1v) is 12.0. The van der Waals surface area contributed by atoms with Crippen LogP contribution in [0.4, 0.5) is 11.4 Å². The molecular formula is C20H25N3O4S2. The van der Waals surface area contributed by atoms with Crippen LogP contribution in [-0.2, 0) is 14.8 Å². The van der Waals surface area contributed by atoms with Crippen LogP contribution in [0.15, 0.2) is 53.4 Å². The largest absolute Gasteiger partial charge is 0.350 e. The molecule has 0 spiro atoms. The van der Waals surface area contributed by atoms with Crippen LogP contribution < -0.4 is 14.9 Å². The Kier molecular flexibility index (Phi) is 7.69. The van der Waals surface area contributed by atoms with Crippen molar-refractivity contribution in [2.24, 2.45) is 0 Å². The van der Waals surface area contributed by atoms with Gasteiger partial charge in [0.2, 0.25) is 15.9 Å². The molecule has 2 N–H and O–H groups in total. The summed E-state index contributed by atoms with van der Waals surface area (Å²) in [7, 11) is -3.69. The van der Waals surface area contributed by atoms with Crippen molar-refractivity contribution in [3.8, 4) is 0 Å². The molecule has 0 fully saturated rings. The van der Waals surface area contributed by atoms with E-state index >= 15 is 0 Å². The number of sulfonamides is 1. The first kappa shape index (κ1) is 22.8. The lowest BCUT2D eigenvalue weighted by Crippen LogP contribution is -2.38. The number of amides is 2. The first-order valence-electron chi connectivity index (χ1n) is 8.93. The Morgan fingerprint density at radius 2 is 1.79 bits per heavy atom. The Hall–Kier alpha value is -2.52. The van der Waals surface area contributed by atoms with Crippen molar-refractivity contribution < 1.29 is 18.0 Å². The molecule has 0 aliphatic carbocycles. The van der Waals surface area contributed by atoms with Gasteiger partial charge in [-0.05, 0) is 50.4 Å². The lowest BCUT2D eigenvalue weighted by atomic mass is 10.1. The van der Waals surface area contributed by atoms with Crippen molar-refractivity contribution in [2.75, 3.05) is 28.7 Å². The number of nitrogens with one attached hydrogen (secondary N) is 2. The first-order chi connectivity index (χ1) is 13.6. The number of benzene rings is 2. The lowest BCUT2D eigenvalue weighted by Gasteiger charge is -2.22. The highest BCUT2D eigenvalue weighted by molar-refractivity contribution is 7.98. The van der Waals surface area contributed by atoms with Crippen LogP contribution in [0.3, 0.4) is 0 Å². The van der Waals surface area contributed by atoms with Gasteiger partial charge in [-0.3, -0.25) is 13.9 Å². The third-order valence-electron chi connectivity index (χ3n) is 3.89. The standard InChI is InChI=1S/C20H25N3O4S2/c1-14(2)21-20(25)17-10-5-6-11-18(17)22-19(24)13-23(29(4,26)27)15-8-7-9-16(12-15)28-3/h5-12,14H,13H2,1-4H3,(H,21,25)(H,22,24). The number of carbonyl (C=O) groups excluding carboxylic acids is 2. The number of hydrogen-bond acceptors (Lipinski definition) is 5. The van der Waals surface area contributed by atoms with E-state index in [0.29, 0.717) is 16.9 Å². The third-order valence-corrected chi connectivity index (χ3v) is 5.76. The summed E-state index contributed by atoms with van der Waals surface area (Å²) < 4.78 is 25.6. The van der Waals surface area contributed by atoms with E-state index in [4.69, 9.17) is 0 Å². The van der Waals surface area contributed by atoms with E-state index in [-0.39, 0.29) is 11.9 Å². The van der Waals surface area contributed by atoms with Crippen LogP contribution >= 0.6 is 11.8 Å². The summed E-state index contributed by atoms with van der Waals surface area (Å²) >= 11 is 1.48. The highest BCUT2D eigenvalue weighted by Crippen LogP contribution is 2.24. The van der Waals surface area contributed by atoms with Crippen molar-refractivity contribution in [1.29, 1.82) is 0 Å². The fraction of sp³-hybridized carbons (Fsp3) is 0.300. The number of carbonyl (C=O) groups is 2. The van der Waals surface area contributed by atoms with E-state index in [9.17, 15) is 18.0 Å².